The number of hydrogen-bond acceptors (Lipinski definition) is 8. The van der Waals surface area contributed by atoms with Crippen LogP contribution in [0.25, 0.3) is 0 Å². The molecule has 1 saturated heterocycles. The lowest BCUT2D eigenvalue weighted by atomic mass is 9.73. The molecule has 2 aromatic heterocycles. The maximum absolute atomic E-state index is 12.4. The Hall–Kier alpha value is -3.18. The molecule has 5 rings (SSSR count). The van der Waals surface area contributed by atoms with Gasteiger partial charge < -0.3 is 19.7 Å². The SMILES string of the molecule is Cc1cc(C(=O)N[C@@H](C)CC2CCC3(CC2)OC(=O)NN=C3c2cnc(N3CCOCC3)cc2Cl)n[nH]1. The Morgan fingerprint density at radius 2 is 2.05 bits per heavy atom. The topological polar surface area (TPSA) is 134 Å². The molecule has 3 aliphatic rings. The van der Waals surface area contributed by atoms with Gasteiger partial charge in [0.05, 0.1) is 18.2 Å². The minimum Gasteiger partial charge on any atom is -0.435 e. The molecular weight excluding hydrogens is 498 g/mol. The van der Waals surface area contributed by atoms with Gasteiger partial charge in [0.25, 0.3) is 5.91 Å². The van der Waals surface area contributed by atoms with Crippen molar-refractivity contribution < 1.29 is 19.1 Å². The summed E-state index contributed by atoms with van der Waals surface area (Å²) in [5.41, 5.74) is 4.08. The first-order valence-electron chi connectivity index (χ1n) is 12.7. The molecule has 0 aromatic carbocycles. The van der Waals surface area contributed by atoms with Crippen molar-refractivity contribution in [2.75, 3.05) is 31.2 Å². The molecule has 2 amide bonds. The number of aromatic nitrogens is 3. The number of nitrogens with zero attached hydrogens (tertiary/aromatic N) is 4. The third-order valence-corrected chi connectivity index (χ3v) is 7.64. The number of aryl methyl sites for hydroxylation is 1. The lowest BCUT2D eigenvalue weighted by Crippen LogP contribution is -2.52. The summed E-state index contributed by atoms with van der Waals surface area (Å²) in [4.78, 5) is 31.4. The van der Waals surface area contributed by atoms with Crippen molar-refractivity contribution in [2.45, 2.75) is 57.6 Å². The number of hydrazone groups is 1. The Morgan fingerprint density at radius 3 is 2.73 bits per heavy atom. The summed E-state index contributed by atoms with van der Waals surface area (Å²) >= 11 is 6.72. The highest BCUT2D eigenvalue weighted by Gasteiger charge is 2.47. The molecule has 0 radical (unpaired) electrons. The Morgan fingerprint density at radius 1 is 1.30 bits per heavy atom. The Labute approximate surface area is 220 Å². The van der Waals surface area contributed by atoms with E-state index < -0.39 is 11.7 Å². The number of carbonyl (C=O) groups excluding carboxylic acids is 2. The second-order valence-electron chi connectivity index (χ2n) is 10.1. The summed E-state index contributed by atoms with van der Waals surface area (Å²) in [6, 6.07) is 3.55. The number of H-pyrrole nitrogens is 1. The summed E-state index contributed by atoms with van der Waals surface area (Å²) in [6.07, 6.45) is 4.85. The maximum Gasteiger partial charge on any atom is 0.428 e. The van der Waals surface area contributed by atoms with Gasteiger partial charge in [-0.05, 0) is 64.0 Å². The van der Waals surface area contributed by atoms with E-state index in [1.807, 2.05) is 19.9 Å². The number of anilines is 1. The first-order valence-corrected chi connectivity index (χ1v) is 13.1. The molecule has 2 aliphatic heterocycles. The minimum absolute atomic E-state index is 0.0151. The first kappa shape index (κ1) is 25.5. The van der Waals surface area contributed by atoms with Crippen LogP contribution < -0.4 is 15.6 Å². The van der Waals surface area contributed by atoms with Crippen LogP contribution in [0, 0.1) is 12.8 Å². The Kier molecular flexibility index (Phi) is 7.34. The molecule has 1 aliphatic carbocycles. The second-order valence-corrected chi connectivity index (χ2v) is 10.5. The van der Waals surface area contributed by atoms with E-state index in [2.05, 4.69) is 35.9 Å². The molecule has 0 unspecified atom stereocenters. The van der Waals surface area contributed by atoms with Gasteiger partial charge in [0.15, 0.2) is 5.60 Å². The standard InChI is InChI=1S/C25H32ClN7O4/c1-15(28-23(34)20-12-16(2)29-30-20)11-17-3-5-25(6-4-17)22(31-32-24(35)37-25)18-14-27-21(13-19(18)26)33-7-9-36-10-8-33/h12-15,17H,3-11H2,1-2H3,(H,28,34)(H,29,30)(H,32,35)/t15-,17?,25?/m0/s1. The van der Waals surface area contributed by atoms with Crippen molar-refractivity contribution in [3.8, 4) is 0 Å². The third-order valence-electron chi connectivity index (χ3n) is 7.32. The van der Waals surface area contributed by atoms with E-state index >= 15 is 0 Å². The molecule has 12 heteroatoms. The van der Waals surface area contributed by atoms with E-state index in [1.54, 1.807) is 12.3 Å². The molecule has 1 saturated carbocycles. The van der Waals surface area contributed by atoms with Crippen LogP contribution in [0.1, 0.15) is 60.8 Å². The first-order chi connectivity index (χ1) is 17.8. The maximum atomic E-state index is 12.4. The van der Waals surface area contributed by atoms with Gasteiger partial charge in [0, 0.05) is 36.6 Å². The molecule has 0 bridgehead atoms. The van der Waals surface area contributed by atoms with E-state index in [0.717, 1.165) is 43.9 Å². The summed E-state index contributed by atoms with van der Waals surface area (Å²) in [7, 11) is 0. The fourth-order valence-corrected chi connectivity index (χ4v) is 5.66. The van der Waals surface area contributed by atoms with Crippen LogP contribution in [0.15, 0.2) is 23.4 Å². The van der Waals surface area contributed by atoms with Crippen molar-refractivity contribution in [1.82, 2.24) is 25.9 Å². The number of morpholine rings is 1. The van der Waals surface area contributed by atoms with Crippen LogP contribution in [0.3, 0.4) is 0 Å². The van der Waals surface area contributed by atoms with Crippen molar-refractivity contribution in [3.63, 3.8) is 0 Å². The second kappa shape index (κ2) is 10.7. The number of rotatable bonds is 6. The van der Waals surface area contributed by atoms with E-state index in [0.29, 0.717) is 54.0 Å². The molecule has 198 valence electrons. The van der Waals surface area contributed by atoms with E-state index in [1.165, 1.54) is 0 Å². The normalized spacial score (nSPS) is 24.7. The fourth-order valence-electron chi connectivity index (χ4n) is 5.43. The molecule has 4 heterocycles. The number of nitrogens with one attached hydrogen (secondary N) is 3. The van der Waals surface area contributed by atoms with Gasteiger partial charge in [-0.3, -0.25) is 9.89 Å². The molecule has 1 spiro atoms. The van der Waals surface area contributed by atoms with Crippen LogP contribution in [0.2, 0.25) is 5.02 Å². The molecule has 3 N–H and O–H groups in total. The number of aromatic amines is 1. The smallest absolute Gasteiger partial charge is 0.428 e. The largest absolute Gasteiger partial charge is 0.435 e. The summed E-state index contributed by atoms with van der Waals surface area (Å²) in [5, 5.41) is 14.8. The van der Waals surface area contributed by atoms with Gasteiger partial charge in [0.2, 0.25) is 0 Å². The van der Waals surface area contributed by atoms with Gasteiger partial charge in [-0.15, -0.1) is 0 Å². The van der Waals surface area contributed by atoms with Crippen molar-refractivity contribution >= 4 is 35.1 Å². The molecule has 37 heavy (non-hydrogen) atoms. The third kappa shape index (κ3) is 5.57. The molecule has 1 atom stereocenters. The monoisotopic (exact) mass is 529 g/mol. The highest BCUT2D eigenvalue weighted by Crippen LogP contribution is 2.41. The van der Waals surface area contributed by atoms with Crippen molar-refractivity contribution in [3.05, 3.63) is 40.3 Å². The predicted molar refractivity (Wildman–Crippen MR) is 138 cm³/mol. The quantitative estimate of drug-likeness (QED) is 0.523. The van der Waals surface area contributed by atoms with Crippen LogP contribution in [0.5, 0.6) is 0 Å². The zero-order chi connectivity index (χ0) is 26.0. The number of ether oxygens (including phenoxy) is 2. The average Bonchev–Trinajstić information content (AvgIpc) is 3.33. The number of amides is 2. The highest BCUT2D eigenvalue weighted by molar-refractivity contribution is 6.35. The predicted octanol–water partition coefficient (Wildman–Crippen LogP) is 3.18. The van der Waals surface area contributed by atoms with Crippen LogP contribution >= 0.6 is 11.6 Å². The van der Waals surface area contributed by atoms with Gasteiger partial charge in [0.1, 0.15) is 17.2 Å². The lowest BCUT2D eigenvalue weighted by Gasteiger charge is -2.42. The summed E-state index contributed by atoms with van der Waals surface area (Å²) < 4.78 is 11.3. The summed E-state index contributed by atoms with van der Waals surface area (Å²) in [6.45, 7) is 6.69. The highest BCUT2D eigenvalue weighted by atomic mass is 35.5. The molecule has 11 nitrogen and oxygen atoms in total. The number of hydrogen-bond donors (Lipinski definition) is 3. The van der Waals surface area contributed by atoms with Gasteiger partial charge in [-0.2, -0.15) is 10.2 Å². The van der Waals surface area contributed by atoms with Crippen LogP contribution in [-0.4, -0.2) is 70.8 Å². The Balaban J connectivity index is 1.25. The van der Waals surface area contributed by atoms with Gasteiger partial charge >= 0.3 is 6.09 Å². The van der Waals surface area contributed by atoms with Crippen molar-refractivity contribution in [2.24, 2.45) is 11.0 Å². The van der Waals surface area contributed by atoms with E-state index in [-0.39, 0.29) is 11.9 Å². The minimum atomic E-state index is -0.857. The van der Waals surface area contributed by atoms with Crippen LogP contribution in [0.4, 0.5) is 10.6 Å². The van der Waals surface area contributed by atoms with E-state index in [9.17, 15) is 9.59 Å². The Bertz CT molecular complexity index is 1190. The average molecular weight is 530 g/mol. The molecule has 2 fully saturated rings. The fraction of sp³-hybridized carbons (Fsp3) is 0.560. The lowest BCUT2D eigenvalue weighted by molar-refractivity contribution is 0.0154. The van der Waals surface area contributed by atoms with Crippen LogP contribution in [-0.2, 0) is 9.47 Å². The molecular formula is C25H32ClN7O4. The van der Waals surface area contributed by atoms with Gasteiger partial charge in [-0.1, -0.05) is 11.6 Å². The van der Waals surface area contributed by atoms with E-state index in [4.69, 9.17) is 21.1 Å². The zero-order valence-corrected chi connectivity index (χ0v) is 21.8. The molecule has 2 aromatic rings. The number of pyridine rings is 1. The number of halogens is 1. The van der Waals surface area contributed by atoms with Gasteiger partial charge in [-0.25, -0.2) is 15.2 Å². The zero-order valence-electron chi connectivity index (χ0n) is 21.1. The van der Waals surface area contributed by atoms with Crippen molar-refractivity contribution in [1.29, 1.82) is 0 Å². The number of carbonyl (C=O) groups is 2. The summed E-state index contributed by atoms with van der Waals surface area (Å²) in [5.74, 6) is 0.972.